The van der Waals surface area contributed by atoms with Gasteiger partial charge in [-0.1, -0.05) is 72.8 Å². The standard InChI is InChI=1S/C36H26N4O4/c37-17-21-7-1-6-12-26(21)39-32(41)30-29-22-8-2-4-10-24(22)36(31(30)35(39)44,25-11-5-3-9-23(25)29)18-38-40-33(42)27-19-13-14-20(16-15-19)28(27)34(40)43/h1-14,18-20,27-31H,15-16H2/b38-18-/t19-,20-,27-,28+,29?,30+,31+,36?/m0/s1. The van der Waals surface area contributed by atoms with Gasteiger partial charge in [0.1, 0.15) is 6.07 Å². The number of amides is 4. The Morgan fingerprint density at radius 1 is 0.727 bits per heavy atom. The van der Waals surface area contributed by atoms with Crippen molar-refractivity contribution >= 4 is 35.5 Å². The monoisotopic (exact) mass is 578 g/mol. The fourth-order valence-corrected chi connectivity index (χ4v) is 9.37. The number of carbonyl (C=O) groups is 4. The van der Waals surface area contributed by atoms with Crippen LogP contribution in [0.25, 0.3) is 0 Å². The molecule has 6 aliphatic carbocycles. The number of hydrogen-bond donors (Lipinski definition) is 0. The average molecular weight is 579 g/mol. The Kier molecular flexibility index (Phi) is 5.01. The summed E-state index contributed by atoms with van der Waals surface area (Å²) in [5.74, 6) is -4.16. The SMILES string of the molecule is N#Cc1ccccc1N1C(=O)[C@@H]2C3c4ccccc4C(/C=N\N4C(=O)[C@@H]5[C@H](C4=O)[C@H]4C=C[C@H]5CC4)(c4ccccc43)[C@H]2C1=O. The van der Waals surface area contributed by atoms with Crippen molar-refractivity contribution in [3.63, 3.8) is 0 Å². The van der Waals surface area contributed by atoms with Crippen LogP contribution in [0.2, 0.25) is 0 Å². The van der Waals surface area contributed by atoms with Crippen LogP contribution in [0.1, 0.15) is 46.6 Å². The van der Waals surface area contributed by atoms with E-state index in [4.69, 9.17) is 5.10 Å². The zero-order valence-electron chi connectivity index (χ0n) is 23.5. The number of anilines is 1. The molecule has 3 aromatic rings. The van der Waals surface area contributed by atoms with Crippen molar-refractivity contribution in [3.8, 4) is 6.07 Å². The summed E-state index contributed by atoms with van der Waals surface area (Å²) in [5.41, 5.74) is 2.79. The summed E-state index contributed by atoms with van der Waals surface area (Å²) < 4.78 is 0. The number of nitriles is 1. The highest BCUT2D eigenvalue weighted by molar-refractivity contribution is 6.25. The molecule has 1 saturated carbocycles. The molecule has 0 N–H and O–H groups in total. The lowest BCUT2D eigenvalue weighted by atomic mass is 9.47. The van der Waals surface area contributed by atoms with Crippen LogP contribution in [-0.2, 0) is 24.6 Å². The number of carbonyl (C=O) groups excluding carboxylic acids is 4. The van der Waals surface area contributed by atoms with Crippen LogP contribution < -0.4 is 4.90 Å². The lowest BCUT2D eigenvalue weighted by Gasteiger charge is -2.52. The zero-order chi connectivity index (χ0) is 29.9. The van der Waals surface area contributed by atoms with Crippen LogP contribution in [0, 0.1) is 46.8 Å². The fourth-order valence-electron chi connectivity index (χ4n) is 9.37. The fraction of sp³-hybridized carbons (Fsp3) is 0.278. The second-order valence-electron chi connectivity index (χ2n) is 12.7. The highest BCUT2D eigenvalue weighted by Gasteiger charge is 2.68. The van der Waals surface area contributed by atoms with Gasteiger partial charge >= 0.3 is 0 Å². The van der Waals surface area contributed by atoms with Crippen molar-refractivity contribution in [2.45, 2.75) is 24.2 Å². The summed E-state index contributed by atoms with van der Waals surface area (Å²) in [7, 11) is 0. The lowest BCUT2D eigenvalue weighted by Crippen LogP contribution is -2.55. The number of hydrogen-bond acceptors (Lipinski definition) is 6. The number of para-hydroxylation sites is 1. The van der Waals surface area contributed by atoms with Gasteiger partial charge in [0, 0.05) is 12.1 Å². The number of hydrazone groups is 1. The van der Waals surface area contributed by atoms with Crippen LogP contribution in [-0.4, -0.2) is 34.9 Å². The summed E-state index contributed by atoms with van der Waals surface area (Å²) >= 11 is 0. The Morgan fingerprint density at radius 2 is 1.30 bits per heavy atom. The number of nitrogens with zero attached hydrogens (tertiary/aromatic N) is 4. The first-order valence-corrected chi connectivity index (χ1v) is 15.1. The number of fused-ring (bicyclic) bond motifs is 1. The van der Waals surface area contributed by atoms with Crippen molar-refractivity contribution < 1.29 is 19.2 Å². The molecule has 0 unspecified atom stereocenters. The van der Waals surface area contributed by atoms with E-state index in [1.165, 1.54) is 4.90 Å². The van der Waals surface area contributed by atoms with Gasteiger partial charge in [0.2, 0.25) is 11.8 Å². The first-order valence-electron chi connectivity index (χ1n) is 15.1. The number of imide groups is 2. The van der Waals surface area contributed by atoms with Crippen LogP contribution in [0.4, 0.5) is 5.69 Å². The lowest BCUT2D eigenvalue weighted by molar-refractivity contribution is -0.140. The molecule has 4 amide bonds. The van der Waals surface area contributed by atoms with E-state index in [-0.39, 0.29) is 46.7 Å². The van der Waals surface area contributed by atoms with Gasteiger partial charge < -0.3 is 0 Å². The summed E-state index contributed by atoms with van der Waals surface area (Å²) in [6.45, 7) is 0. The molecule has 0 radical (unpaired) electrons. The summed E-state index contributed by atoms with van der Waals surface area (Å²) in [5, 5.41) is 15.6. The average Bonchev–Trinajstić information content (AvgIpc) is 3.50. The van der Waals surface area contributed by atoms with Crippen molar-refractivity contribution in [2.24, 2.45) is 40.6 Å². The van der Waals surface area contributed by atoms with Crippen molar-refractivity contribution in [2.75, 3.05) is 4.90 Å². The Labute approximate surface area is 253 Å². The Hall–Kier alpha value is -5.16. The third-order valence-electron chi connectivity index (χ3n) is 11.1. The van der Waals surface area contributed by atoms with Gasteiger partial charge in [-0.15, -0.1) is 0 Å². The molecule has 0 aromatic heterocycles. The maximum absolute atomic E-state index is 14.6. The molecule has 214 valence electrons. The largest absolute Gasteiger partial charge is 0.274 e. The molecule has 2 heterocycles. The molecule has 2 saturated heterocycles. The third kappa shape index (κ3) is 2.90. The Morgan fingerprint density at radius 3 is 1.89 bits per heavy atom. The maximum atomic E-state index is 14.6. The molecule has 8 heteroatoms. The minimum atomic E-state index is -1.22. The number of allylic oxidation sites excluding steroid dienone is 2. The molecular weight excluding hydrogens is 552 g/mol. The smallest absolute Gasteiger partial charge is 0.254 e. The summed E-state index contributed by atoms with van der Waals surface area (Å²) in [6.07, 6.45) is 7.51. The van der Waals surface area contributed by atoms with Crippen molar-refractivity contribution in [1.29, 1.82) is 5.26 Å². The highest BCUT2D eigenvalue weighted by Crippen LogP contribution is 2.64. The third-order valence-corrected chi connectivity index (χ3v) is 11.1. The molecule has 2 aliphatic heterocycles. The van der Waals surface area contributed by atoms with Crippen LogP contribution in [0.3, 0.4) is 0 Å². The second-order valence-corrected chi connectivity index (χ2v) is 12.7. The van der Waals surface area contributed by atoms with Gasteiger partial charge in [0.25, 0.3) is 11.8 Å². The van der Waals surface area contributed by atoms with E-state index in [1.807, 2.05) is 48.5 Å². The minimum Gasteiger partial charge on any atom is -0.274 e. The molecule has 8 aliphatic rings. The molecule has 3 fully saturated rings. The first kappa shape index (κ1) is 25.3. The molecule has 11 rings (SSSR count). The first-order chi connectivity index (χ1) is 21.5. The Balaban J connectivity index is 1.25. The van der Waals surface area contributed by atoms with E-state index < -0.39 is 35.0 Å². The molecular formula is C36H26N4O4. The van der Waals surface area contributed by atoms with Crippen LogP contribution in [0.15, 0.2) is 90.0 Å². The summed E-state index contributed by atoms with van der Waals surface area (Å²) in [6, 6.07) is 24.3. The molecule has 0 spiro atoms. The molecule has 8 nitrogen and oxygen atoms in total. The van der Waals surface area contributed by atoms with Crippen LogP contribution >= 0.6 is 0 Å². The predicted molar refractivity (Wildman–Crippen MR) is 159 cm³/mol. The van der Waals surface area contributed by atoms with Gasteiger partial charge in [-0.2, -0.15) is 15.4 Å². The second kappa shape index (κ2) is 8.70. The van der Waals surface area contributed by atoms with Gasteiger partial charge in [-0.25, -0.2) is 4.90 Å². The van der Waals surface area contributed by atoms with E-state index in [2.05, 4.69) is 18.2 Å². The molecule has 44 heavy (non-hydrogen) atoms. The molecule has 3 aromatic carbocycles. The Bertz CT molecular complexity index is 1880. The summed E-state index contributed by atoms with van der Waals surface area (Å²) in [4.78, 5) is 57.7. The van der Waals surface area contributed by atoms with Crippen molar-refractivity contribution in [1.82, 2.24) is 5.01 Å². The number of benzene rings is 3. The predicted octanol–water partition coefficient (Wildman–Crippen LogP) is 4.29. The van der Waals surface area contributed by atoms with Crippen LogP contribution in [0.5, 0.6) is 0 Å². The minimum absolute atomic E-state index is 0.0264. The van der Waals surface area contributed by atoms with Gasteiger partial charge in [-0.3, -0.25) is 19.2 Å². The highest BCUT2D eigenvalue weighted by atomic mass is 16.2. The van der Waals surface area contributed by atoms with E-state index in [0.29, 0.717) is 0 Å². The van der Waals surface area contributed by atoms with Gasteiger partial charge in [-0.05, 0) is 59.1 Å². The molecule has 4 bridgehead atoms. The van der Waals surface area contributed by atoms with E-state index in [0.717, 1.165) is 40.1 Å². The van der Waals surface area contributed by atoms with Gasteiger partial charge in [0.15, 0.2) is 0 Å². The van der Waals surface area contributed by atoms with E-state index in [9.17, 15) is 24.4 Å². The molecule has 6 atom stereocenters. The van der Waals surface area contributed by atoms with Gasteiger partial charge in [0.05, 0.1) is 40.3 Å². The normalized spacial score (nSPS) is 33.9. The topological polar surface area (TPSA) is 111 Å². The van der Waals surface area contributed by atoms with E-state index >= 15 is 0 Å². The quantitative estimate of drug-likeness (QED) is 0.262. The zero-order valence-corrected chi connectivity index (χ0v) is 23.5. The van der Waals surface area contributed by atoms with E-state index in [1.54, 1.807) is 30.5 Å². The number of rotatable bonds is 3. The maximum Gasteiger partial charge on any atom is 0.254 e. The van der Waals surface area contributed by atoms with Crippen molar-refractivity contribution in [3.05, 3.63) is 113 Å².